The van der Waals surface area contributed by atoms with Crippen LogP contribution in [-0.4, -0.2) is 84.1 Å². The molecule has 0 saturated carbocycles. The fourth-order valence-electron chi connectivity index (χ4n) is 4.09. The van der Waals surface area contributed by atoms with Gasteiger partial charge in [-0.25, -0.2) is 4.39 Å². The Morgan fingerprint density at radius 1 is 1.33 bits per heavy atom. The fourth-order valence-corrected chi connectivity index (χ4v) is 4.09. The second kappa shape index (κ2) is 10.1. The molecule has 7 heteroatoms. The second-order valence-corrected chi connectivity index (χ2v) is 7.52. The Labute approximate surface area is 161 Å². The predicted molar refractivity (Wildman–Crippen MR) is 102 cm³/mol. The lowest BCUT2D eigenvalue weighted by molar-refractivity contribution is -0.132. The lowest BCUT2D eigenvalue weighted by Gasteiger charge is -2.39. The number of carbonyl (C=O) groups excluding carboxylic acids is 1. The Hall–Kier alpha value is -1.57. The van der Waals surface area contributed by atoms with E-state index < -0.39 is 0 Å². The van der Waals surface area contributed by atoms with Crippen molar-refractivity contribution < 1.29 is 13.9 Å². The molecule has 0 aliphatic carbocycles. The number of piperidine rings is 1. The Morgan fingerprint density at radius 3 is 2.89 bits per heavy atom. The summed E-state index contributed by atoms with van der Waals surface area (Å²) in [6, 6.07) is 1.95. The Balaban J connectivity index is 1.51. The van der Waals surface area contributed by atoms with Gasteiger partial charge in [-0.3, -0.25) is 19.6 Å². The normalized spacial score (nSPS) is 21.9. The maximum atomic E-state index is 13.9. The number of rotatable bonds is 7. The lowest BCUT2D eigenvalue weighted by Crippen LogP contribution is -2.50. The summed E-state index contributed by atoms with van der Waals surface area (Å²) in [4.78, 5) is 22.8. The number of pyridine rings is 1. The van der Waals surface area contributed by atoms with Crippen molar-refractivity contribution in [2.75, 3.05) is 52.5 Å². The van der Waals surface area contributed by atoms with Crippen LogP contribution in [0.5, 0.6) is 0 Å². The fraction of sp³-hybridized carbons (Fsp3) is 0.700. The van der Waals surface area contributed by atoms with Gasteiger partial charge >= 0.3 is 0 Å². The number of aromatic nitrogens is 1. The molecule has 0 aromatic carbocycles. The highest BCUT2D eigenvalue weighted by Gasteiger charge is 2.27. The minimum Gasteiger partial charge on any atom is -0.379 e. The van der Waals surface area contributed by atoms with E-state index in [1.165, 1.54) is 6.20 Å². The topological polar surface area (TPSA) is 48.9 Å². The van der Waals surface area contributed by atoms with Crippen molar-refractivity contribution in [3.63, 3.8) is 0 Å². The number of carbonyl (C=O) groups is 1. The SMILES string of the molecule is CC(=O)N(CCCN1CCOCC1)C1CCCN(Cc2ccncc2F)C1. The largest absolute Gasteiger partial charge is 0.379 e. The molecule has 1 amide bonds. The number of nitrogens with zero attached hydrogens (tertiary/aromatic N) is 4. The zero-order valence-electron chi connectivity index (χ0n) is 16.3. The molecule has 1 aromatic rings. The molecule has 150 valence electrons. The van der Waals surface area contributed by atoms with Gasteiger partial charge in [0.15, 0.2) is 0 Å². The van der Waals surface area contributed by atoms with Gasteiger partial charge < -0.3 is 9.64 Å². The molecular weight excluding hydrogens is 347 g/mol. The Morgan fingerprint density at radius 2 is 2.15 bits per heavy atom. The highest BCUT2D eigenvalue weighted by atomic mass is 19.1. The minimum absolute atomic E-state index is 0.138. The average Bonchev–Trinajstić information content (AvgIpc) is 2.68. The first-order chi connectivity index (χ1) is 13.1. The lowest BCUT2D eigenvalue weighted by atomic mass is 10.0. The van der Waals surface area contributed by atoms with Gasteiger partial charge in [-0.05, 0) is 31.9 Å². The summed E-state index contributed by atoms with van der Waals surface area (Å²) in [7, 11) is 0. The molecule has 0 spiro atoms. The van der Waals surface area contributed by atoms with Crippen LogP contribution in [0.4, 0.5) is 4.39 Å². The van der Waals surface area contributed by atoms with Crippen LogP contribution in [0.2, 0.25) is 0 Å². The molecule has 1 atom stereocenters. The third-order valence-corrected chi connectivity index (χ3v) is 5.55. The van der Waals surface area contributed by atoms with E-state index in [0.29, 0.717) is 12.1 Å². The summed E-state index contributed by atoms with van der Waals surface area (Å²) in [5, 5.41) is 0. The van der Waals surface area contributed by atoms with Gasteiger partial charge in [-0.1, -0.05) is 0 Å². The summed E-state index contributed by atoms with van der Waals surface area (Å²) in [6.07, 6.45) is 5.93. The van der Waals surface area contributed by atoms with Crippen molar-refractivity contribution in [3.05, 3.63) is 29.8 Å². The maximum Gasteiger partial charge on any atom is 0.219 e. The molecule has 2 fully saturated rings. The van der Waals surface area contributed by atoms with Crippen LogP contribution < -0.4 is 0 Å². The number of hydrogen-bond acceptors (Lipinski definition) is 5. The smallest absolute Gasteiger partial charge is 0.219 e. The average molecular weight is 378 g/mol. The van der Waals surface area contributed by atoms with Crippen molar-refractivity contribution in [3.8, 4) is 0 Å². The van der Waals surface area contributed by atoms with E-state index in [2.05, 4.69) is 14.8 Å². The summed E-state index contributed by atoms with van der Waals surface area (Å²) in [6.45, 7) is 9.35. The molecule has 2 aliphatic heterocycles. The molecule has 0 bridgehead atoms. The zero-order chi connectivity index (χ0) is 19.1. The second-order valence-electron chi connectivity index (χ2n) is 7.52. The van der Waals surface area contributed by atoms with E-state index in [0.717, 1.165) is 71.7 Å². The summed E-state index contributed by atoms with van der Waals surface area (Å²) < 4.78 is 19.3. The molecule has 27 heavy (non-hydrogen) atoms. The van der Waals surface area contributed by atoms with Crippen LogP contribution in [0.25, 0.3) is 0 Å². The first-order valence-electron chi connectivity index (χ1n) is 10.0. The molecule has 0 radical (unpaired) electrons. The van der Waals surface area contributed by atoms with Crippen LogP contribution >= 0.6 is 0 Å². The predicted octanol–water partition coefficient (Wildman–Crippen LogP) is 1.76. The van der Waals surface area contributed by atoms with Crippen LogP contribution in [-0.2, 0) is 16.1 Å². The first kappa shape index (κ1) is 20.2. The van der Waals surface area contributed by atoms with Crippen LogP contribution in [0.3, 0.4) is 0 Å². The third kappa shape index (κ3) is 5.96. The van der Waals surface area contributed by atoms with Gasteiger partial charge in [0.05, 0.1) is 19.4 Å². The molecule has 2 aliphatic rings. The van der Waals surface area contributed by atoms with Crippen molar-refractivity contribution in [1.29, 1.82) is 0 Å². The van der Waals surface area contributed by atoms with Gasteiger partial charge in [0.2, 0.25) is 5.91 Å². The highest BCUT2D eigenvalue weighted by molar-refractivity contribution is 5.73. The molecular formula is C20H31FN4O2. The quantitative estimate of drug-likeness (QED) is 0.724. The zero-order valence-corrected chi connectivity index (χ0v) is 16.3. The number of morpholine rings is 1. The van der Waals surface area contributed by atoms with E-state index >= 15 is 0 Å². The minimum atomic E-state index is -0.256. The number of hydrogen-bond donors (Lipinski definition) is 0. The van der Waals surface area contributed by atoms with E-state index in [1.807, 2.05) is 4.90 Å². The van der Waals surface area contributed by atoms with Crippen molar-refractivity contribution in [1.82, 2.24) is 19.7 Å². The highest BCUT2D eigenvalue weighted by Crippen LogP contribution is 2.19. The van der Waals surface area contributed by atoms with Crippen LogP contribution in [0, 0.1) is 5.82 Å². The molecule has 2 saturated heterocycles. The maximum absolute atomic E-state index is 13.9. The number of ether oxygens (including phenoxy) is 1. The van der Waals surface area contributed by atoms with Gasteiger partial charge in [0, 0.05) is 64.0 Å². The Kier molecular flexibility index (Phi) is 7.55. The van der Waals surface area contributed by atoms with E-state index in [1.54, 1.807) is 19.2 Å². The number of amides is 1. The van der Waals surface area contributed by atoms with E-state index in [-0.39, 0.29) is 17.8 Å². The summed E-state index contributed by atoms with van der Waals surface area (Å²) >= 11 is 0. The van der Waals surface area contributed by atoms with Crippen LogP contribution in [0.15, 0.2) is 18.5 Å². The third-order valence-electron chi connectivity index (χ3n) is 5.55. The van der Waals surface area contributed by atoms with Crippen molar-refractivity contribution in [2.45, 2.75) is 38.8 Å². The van der Waals surface area contributed by atoms with E-state index in [9.17, 15) is 9.18 Å². The first-order valence-corrected chi connectivity index (χ1v) is 10.0. The molecule has 0 N–H and O–H groups in total. The molecule has 1 aromatic heterocycles. The van der Waals surface area contributed by atoms with Gasteiger partial charge in [-0.15, -0.1) is 0 Å². The van der Waals surface area contributed by atoms with Crippen molar-refractivity contribution in [2.24, 2.45) is 0 Å². The molecule has 6 nitrogen and oxygen atoms in total. The standard InChI is InChI=1S/C20H31FN4O2/c1-17(26)25(9-3-8-23-10-12-27-13-11-23)19-4-2-7-24(16-19)15-18-5-6-22-14-20(18)21/h5-6,14,19H,2-4,7-13,15-16H2,1H3. The number of halogens is 1. The monoisotopic (exact) mass is 378 g/mol. The molecule has 3 rings (SSSR count). The van der Waals surface area contributed by atoms with E-state index in [4.69, 9.17) is 4.74 Å². The van der Waals surface area contributed by atoms with Gasteiger partial charge in [-0.2, -0.15) is 0 Å². The molecule has 1 unspecified atom stereocenters. The Bertz CT molecular complexity index is 609. The van der Waals surface area contributed by atoms with Gasteiger partial charge in [0.25, 0.3) is 0 Å². The molecule has 3 heterocycles. The van der Waals surface area contributed by atoms with Gasteiger partial charge in [0.1, 0.15) is 5.82 Å². The van der Waals surface area contributed by atoms with Crippen LogP contribution in [0.1, 0.15) is 31.7 Å². The summed E-state index contributed by atoms with van der Waals surface area (Å²) in [5.74, 6) is -0.118. The summed E-state index contributed by atoms with van der Waals surface area (Å²) in [5.41, 5.74) is 0.673. The van der Waals surface area contributed by atoms with Crippen molar-refractivity contribution >= 4 is 5.91 Å². The number of likely N-dealkylation sites (tertiary alicyclic amines) is 1.